The predicted octanol–water partition coefficient (Wildman–Crippen LogP) is 10.1. The third kappa shape index (κ3) is 6.54. The van der Waals surface area contributed by atoms with Gasteiger partial charge in [-0.3, -0.25) is 4.79 Å². The molecule has 4 rings (SSSR count). The number of alkyl halides is 3. The number of carbonyl (C=O) groups excluding carboxylic acids is 1. The maximum Gasteiger partial charge on any atom is 0.419 e. The van der Waals surface area contributed by atoms with Crippen molar-refractivity contribution in [3.63, 3.8) is 0 Å². The summed E-state index contributed by atoms with van der Waals surface area (Å²) in [6.45, 7) is 4.41. The Kier molecular flexibility index (Phi) is 9.20. The van der Waals surface area contributed by atoms with E-state index < -0.39 is 28.9 Å². The van der Waals surface area contributed by atoms with Crippen LogP contribution < -0.4 is 0 Å². The molecule has 0 N–H and O–H groups in total. The largest absolute Gasteiger partial charge is 0.419 e. The van der Waals surface area contributed by atoms with Gasteiger partial charge in [0.15, 0.2) is 5.78 Å². The number of benzene rings is 1. The van der Waals surface area contributed by atoms with Crippen molar-refractivity contribution in [2.45, 2.75) is 122 Å². The van der Waals surface area contributed by atoms with Gasteiger partial charge in [-0.05, 0) is 92.4 Å². The molecule has 1 aromatic carbocycles. The molecule has 0 aliphatic heterocycles. The van der Waals surface area contributed by atoms with Crippen LogP contribution in [0.2, 0.25) is 0 Å². The van der Waals surface area contributed by atoms with Crippen molar-refractivity contribution in [3.8, 4) is 0 Å². The molecule has 1 nitrogen and oxygen atoms in total. The molecule has 0 radical (unpaired) electrons. The molecule has 0 unspecified atom stereocenters. The second kappa shape index (κ2) is 12.0. The van der Waals surface area contributed by atoms with Gasteiger partial charge in [-0.2, -0.15) is 13.2 Å². The van der Waals surface area contributed by atoms with Gasteiger partial charge >= 0.3 is 6.18 Å². The SMILES string of the molecule is CCCC1CCC(C2CCC(c3ccc(C(=O)CC4CCC(C)CC4)c(C(F)(F)F)c3F)CC2)CC1. The molecule has 5 heteroatoms. The van der Waals surface area contributed by atoms with E-state index in [1.807, 2.05) is 0 Å². The summed E-state index contributed by atoms with van der Waals surface area (Å²) in [4.78, 5) is 12.9. The van der Waals surface area contributed by atoms with Gasteiger partial charge in [0.25, 0.3) is 0 Å². The Morgan fingerprint density at radius 1 is 0.833 bits per heavy atom. The van der Waals surface area contributed by atoms with Crippen LogP contribution in [0.1, 0.15) is 138 Å². The molecular weight excluding hydrogens is 464 g/mol. The van der Waals surface area contributed by atoms with Gasteiger partial charge in [-0.15, -0.1) is 0 Å². The lowest BCUT2D eigenvalue weighted by Crippen LogP contribution is -2.26. The lowest BCUT2D eigenvalue weighted by atomic mass is 9.68. The molecule has 0 amide bonds. The molecular formula is C31H44F4O. The van der Waals surface area contributed by atoms with Crippen molar-refractivity contribution in [1.29, 1.82) is 0 Å². The van der Waals surface area contributed by atoms with Crippen LogP contribution in [0.3, 0.4) is 0 Å². The van der Waals surface area contributed by atoms with Crippen molar-refractivity contribution in [1.82, 2.24) is 0 Å². The van der Waals surface area contributed by atoms with Gasteiger partial charge < -0.3 is 0 Å². The molecule has 0 saturated heterocycles. The minimum atomic E-state index is -4.87. The first-order valence-electron chi connectivity index (χ1n) is 14.6. The van der Waals surface area contributed by atoms with Gasteiger partial charge in [-0.25, -0.2) is 4.39 Å². The van der Waals surface area contributed by atoms with Crippen LogP contribution in [0.15, 0.2) is 12.1 Å². The summed E-state index contributed by atoms with van der Waals surface area (Å²) in [5.74, 6) is 0.951. The molecule has 0 spiro atoms. The van der Waals surface area contributed by atoms with E-state index >= 15 is 4.39 Å². The second-order valence-corrected chi connectivity index (χ2v) is 12.3. The van der Waals surface area contributed by atoms with Crippen molar-refractivity contribution in [3.05, 3.63) is 34.6 Å². The quantitative estimate of drug-likeness (QED) is 0.264. The monoisotopic (exact) mass is 508 g/mol. The Balaban J connectivity index is 1.43. The zero-order valence-electron chi connectivity index (χ0n) is 22.1. The van der Waals surface area contributed by atoms with Gasteiger partial charge in [0.2, 0.25) is 0 Å². The topological polar surface area (TPSA) is 17.1 Å². The fraction of sp³-hybridized carbons (Fsp3) is 0.774. The van der Waals surface area contributed by atoms with Crippen molar-refractivity contribution in [2.75, 3.05) is 0 Å². The molecule has 202 valence electrons. The highest BCUT2D eigenvalue weighted by atomic mass is 19.4. The normalized spacial score (nSPS) is 31.8. The standard InChI is InChI=1S/C31H44F4O/c1-3-4-21-9-11-23(12-10-21)24-13-15-25(16-14-24)26-17-18-27(29(30(26)32)31(33,34)35)28(36)19-22-7-5-20(2)6-8-22/h17-18,20-25H,3-16,19H2,1-2H3. The van der Waals surface area contributed by atoms with Crippen molar-refractivity contribution < 1.29 is 22.4 Å². The fourth-order valence-electron chi connectivity index (χ4n) is 7.58. The number of rotatable bonds is 7. The summed E-state index contributed by atoms with van der Waals surface area (Å²) in [7, 11) is 0. The summed E-state index contributed by atoms with van der Waals surface area (Å²) in [6, 6.07) is 2.76. The molecule has 0 bridgehead atoms. The highest BCUT2D eigenvalue weighted by molar-refractivity contribution is 5.98. The summed E-state index contributed by atoms with van der Waals surface area (Å²) in [6.07, 6.45) is 10.0. The van der Waals surface area contributed by atoms with E-state index in [-0.39, 0.29) is 23.8 Å². The predicted molar refractivity (Wildman–Crippen MR) is 137 cm³/mol. The van der Waals surface area contributed by atoms with Crippen molar-refractivity contribution in [2.24, 2.45) is 29.6 Å². The molecule has 0 aromatic heterocycles. The molecule has 36 heavy (non-hydrogen) atoms. The highest BCUT2D eigenvalue weighted by Gasteiger charge is 2.41. The van der Waals surface area contributed by atoms with Gasteiger partial charge in [0.05, 0.1) is 0 Å². The number of Topliss-reactive ketones (excluding diaryl/α,β-unsaturated/α-hetero) is 1. The van der Waals surface area contributed by atoms with E-state index in [0.29, 0.717) is 11.8 Å². The van der Waals surface area contributed by atoms with Crippen LogP contribution in [0.5, 0.6) is 0 Å². The summed E-state index contributed by atoms with van der Waals surface area (Å²) >= 11 is 0. The maximum atomic E-state index is 15.5. The maximum absolute atomic E-state index is 15.5. The zero-order valence-corrected chi connectivity index (χ0v) is 22.1. The number of hydrogen-bond donors (Lipinski definition) is 0. The molecule has 3 aliphatic carbocycles. The van der Waals surface area contributed by atoms with Crippen LogP contribution in [0.4, 0.5) is 17.6 Å². The third-order valence-electron chi connectivity index (χ3n) is 9.83. The molecule has 3 fully saturated rings. The Labute approximate surface area is 214 Å². The van der Waals surface area contributed by atoms with Gasteiger partial charge in [0.1, 0.15) is 11.4 Å². The number of hydrogen-bond acceptors (Lipinski definition) is 1. The van der Waals surface area contributed by atoms with E-state index in [1.54, 1.807) is 0 Å². The smallest absolute Gasteiger partial charge is 0.294 e. The zero-order chi connectivity index (χ0) is 25.9. The average Bonchev–Trinajstić information content (AvgIpc) is 2.85. The summed E-state index contributed by atoms with van der Waals surface area (Å²) < 4.78 is 57.6. The van der Waals surface area contributed by atoms with E-state index in [9.17, 15) is 18.0 Å². The first-order chi connectivity index (χ1) is 17.2. The van der Waals surface area contributed by atoms with E-state index in [0.717, 1.165) is 63.2 Å². The third-order valence-corrected chi connectivity index (χ3v) is 9.83. The fourth-order valence-corrected chi connectivity index (χ4v) is 7.58. The van der Waals surface area contributed by atoms with Crippen LogP contribution in [0, 0.1) is 35.4 Å². The van der Waals surface area contributed by atoms with Crippen LogP contribution >= 0.6 is 0 Å². The van der Waals surface area contributed by atoms with Crippen molar-refractivity contribution >= 4 is 5.78 Å². The minimum absolute atomic E-state index is 0.0835. The Hall–Kier alpha value is -1.39. The van der Waals surface area contributed by atoms with Gasteiger partial charge in [-0.1, -0.05) is 64.5 Å². The molecule has 1 aromatic rings. The molecule has 0 heterocycles. The Morgan fingerprint density at radius 3 is 1.94 bits per heavy atom. The van der Waals surface area contributed by atoms with Crippen LogP contribution in [-0.2, 0) is 6.18 Å². The first-order valence-corrected chi connectivity index (χ1v) is 14.6. The second-order valence-electron chi connectivity index (χ2n) is 12.3. The molecule has 0 atom stereocenters. The van der Waals surface area contributed by atoms with Crippen LogP contribution in [-0.4, -0.2) is 5.78 Å². The number of halogens is 4. The van der Waals surface area contributed by atoms with E-state index in [1.165, 1.54) is 50.7 Å². The number of ketones is 1. The van der Waals surface area contributed by atoms with Crippen LogP contribution in [0.25, 0.3) is 0 Å². The summed E-state index contributed by atoms with van der Waals surface area (Å²) in [5, 5.41) is 0. The Morgan fingerprint density at radius 2 is 1.39 bits per heavy atom. The molecule has 3 saturated carbocycles. The highest BCUT2D eigenvalue weighted by Crippen LogP contribution is 2.46. The number of carbonyl (C=O) groups is 1. The first kappa shape index (κ1) is 27.6. The summed E-state index contributed by atoms with van der Waals surface area (Å²) in [5.41, 5.74) is -1.64. The van der Waals surface area contributed by atoms with Gasteiger partial charge in [0, 0.05) is 12.0 Å². The molecule has 3 aliphatic rings. The Bertz CT molecular complexity index is 867. The average molecular weight is 509 g/mol. The minimum Gasteiger partial charge on any atom is -0.294 e. The van der Waals surface area contributed by atoms with E-state index in [4.69, 9.17) is 0 Å². The lowest BCUT2D eigenvalue weighted by Gasteiger charge is -2.38. The van der Waals surface area contributed by atoms with E-state index in [2.05, 4.69) is 13.8 Å². The lowest BCUT2D eigenvalue weighted by molar-refractivity contribution is -0.140.